The molecule has 0 spiro atoms. The molecule has 2 amide bonds. The van der Waals surface area contributed by atoms with Crippen molar-refractivity contribution in [2.24, 2.45) is 0 Å². The maximum absolute atomic E-state index is 13.1. The van der Waals surface area contributed by atoms with E-state index in [1.165, 1.54) is 12.1 Å². The number of sulfonamides is 1. The van der Waals surface area contributed by atoms with Gasteiger partial charge in [0.15, 0.2) is 0 Å². The molecule has 0 saturated carbocycles. The van der Waals surface area contributed by atoms with E-state index in [2.05, 4.69) is 10.6 Å². The number of halogens is 1. The number of amides is 2. The number of hydrogen-bond acceptors (Lipinski definition) is 5. The Morgan fingerprint density at radius 1 is 1.22 bits per heavy atom. The molecular formula is C17H24FN3O5S. The number of nitrogens with one attached hydrogen (secondary N) is 2. The molecule has 1 aromatic rings. The second kappa shape index (κ2) is 9.77. The predicted octanol–water partition coefficient (Wildman–Crippen LogP) is 0.595. The molecule has 1 heterocycles. The first-order valence-corrected chi connectivity index (χ1v) is 10.2. The fraction of sp³-hybridized carbons (Fsp3) is 0.529. The van der Waals surface area contributed by atoms with E-state index in [0.717, 1.165) is 29.3 Å². The normalized spacial score (nSPS) is 18.1. The molecule has 1 aliphatic rings. The number of carbonyl (C=O) groups is 2. The van der Waals surface area contributed by atoms with Gasteiger partial charge >= 0.3 is 11.8 Å². The molecular weight excluding hydrogens is 377 g/mol. The zero-order chi connectivity index (χ0) is 19.9. The molecule has 10 heteroatoms. The molecule has 0 aliphatic carbocycles. The highest BCUT2D eigenvalue weighted by molar-refractivity contribution is 7.89. The third-order valence-electron chi connectivity index (χ3n) is 4.03. The minimum atomic E-state index is -3.92. The summed E-state index contributed by atoms with van der Waals surface area (Å²) in [5, 5.41) is 4.88. The number of hydrogen-bond donors (Lipinski definition) is 2. The lowest BCUT2D eigenvalue weighted by molar-refractivity contribution is -0.140. The molecule has 27 heavy (non-hydrogen) atoms. The van der Waals surface area contributed by atoms with Gasteiger partial charge < -0.3 is 15.4 Å². The van der Waals surface area contributed by atoms with Crippen LogP contribution in [0.4, 0.5) is 4.39 Å². The highest BCUT2D eigenvalue weighted by Crippen LogP contribution is 2.22. The number of unbranched alkanes of at least 4 members (excludes halogenated alkanes) is 1. The third kappa shape index (κ3) is 5.72. The van der Waals surface area contributed by atoms with Crippen LogP contribution in [0, 0.1) is 5.82 Å². The summed E-state index contributed by atoms with van der Waals surface area (Å²) in [4.78, 5) is 23.5. The molecule has 0 unspecified atom stereocenters. The molecule has 8 nitrogen and oxygen atoms in total. The lowest BCUT2D eigenvalue weighted by Gasteiger charge is -2.34. The zero-order valence-corrected chi connectivity index (χ0v) is 15.9. The van der Waals surface area contributed by atoms with Gasteiger partial charge in [0.25, 0.3) is 0 Å². The zero-order valence-electron chi connectivity index (χ0n) is 15.1. The minimum absolute atomic E-state index is 0.0666. The van der Waals surface area contributed by atoms with Crippen LogP contribution < -0.4 is 10.6 Å². The molecule has 1 fully saturated rings. The van der Waals surface area contributed by atoms with Crippen molar-refractivity contribution in [3.05, 3.63) is 30.1 Å². The van der Waals surface area contributed by atoms with E-state index < -0.39 is 33.9 Å². The lowest BCUT2D eigenvalue weighted by atomic mass is 10.3. The van der Waals surface area contributed by atoms with Gasteiger partial charge in [-0.3, -0.25) is 9.59 Å². The summed E-state index contributed by atoms with van der Waals surface area (Å²) in [6.45, 7) is 2.72. The monoisotopic (exact) mass is 401 g/mol. The van der Waals surface area contributed by atoms with Crippen LogP contribution in [0.5, 0.6) is 0 Å². The summed E-state index contributed by atoms with van der Waals surface area (Å²) in [5.41, 5.74) is 0. The first-order valence-electron chi connectivity index (χ1n) is 8.81. The Balaban J connectivity index is 2.01. The summed E-state index contributed by atoms with van der Waals surface area (Å²) in [5.74, 6) is -2.16. The highest BCUT2D eigenvalue weighted by Gasteiger charge is 2.34. The van der Waals surface area contributed by atoms with Crippen molar-refractivity contribution in [2.75, 3.05) is 26.2 Å². The number of rotatable bonds is 7. The van der Waals surface area contributed by atoms with Crippen LogP contribution in [-0.2, 0) is 24.3 Å². The van der Waals surface area contributed by atoms with Crippen molar-refractivity contribution in [3.8, 4) is 0 Å². The number of nitrogens with zero attached hydrogens (tertiary/aromatic N) is 1. The van der Waals surface area contributed by atoms with Gasteiger partial charge in [0.2, 0.25) is 10.0 Å². The average molecular weight is 401 g/mol. The van der Waals surface area contributed by atoms with E-state index in [1.54, 1.807) is 0 Å². The molecule has 2 rings (SSSR count). The number of benzene rings is 1. The van der Waals surface area contributed by atoms with Gasteiger partial charge in [-0.15, -0.1) is 0 Å². The lowest BCUT2D eigenvalue weighted by Crippen LogP contribution is -2.53. The Morgan fingerprint density at radius 2 is 1.89 bits per heavy atom. The van der Waals surface area contributed by atoms with Crippen molar-refractivity contribution < 1.29 is 27.1 Å². The Bertz CT molecular complexity index is 754. The summed E-state index contributed by atoms with van der Waals surface area (Å²) in [7, 11) is -3.92. The minimum Gasteiger partial charge on any atom is -0.360 e. The fourth-order valence-corrected chi connectivity index (χ4v) is 4.13. The second-order valence-electron chi connectivity index (χ2n) is 6.07. The quantitative estimate of drug-likeness (QED) is 0.514. The van der Waals surface area contributed by atoms with Crippen LogP contribution >= 0.6 is 0 Å². The summed E-state index contributed by atoms with van der Waals surface area (Å²) >= 11 is 0. The van der Waals surface area contributed by atoms with Crippen LogP contribution in [0.3, 0.4) is 0 Å². The van der Waals surface area contributed by atoms with Crippen LogP contribution in [0.2, 0.25) is 0 Å². The van der Waals surface area contributed by atoms with Gasteiger partial charge in [-0.1, -0.05) is 13.3 Å². The van der Waals surface area contributed by atoms with Crippen LogP contribution in [0.15, 0.2) is 29.2 Å². The number of ether oxygens (including phenoxy) is 1. The Labute approximate surface area is 158 Å². The maximum atomic E-state index is 13.1. The molecule has 150 valence electrons. The van der Waals surface area contributed by atoms with Crippen molar-refractivity contribution in [3.63, 3.8) is 0 Å². The van der Waals surface area contributed by atoms with Crippen LogP contribution in [-0.4, -0.2) is 57.0 Å². The van der Waals surface area contributed by atoms with Crippen LogP contribution in [0.25, 0.3) is 0 Å². The van der Waals surface area contributed by atoms with Crippen molar-refractivity contribution >= 4 is 21.8 Å². The topological polar surface area (TPSA) is 105 Å². The Hall–Kier alpha value is -2.04. The summed E-state index contributed by atoms with van der Waals surface area (Å²) in [6.07, 6.45) is 1.19. The Morgan fingerprint density at radius 3 is 2.56 bits per heavy atom. The first kappa shape index (κ1) is 21.3. The molecule has 1 saturated heterocycles. The van der Waals surface area contributed by atoms with Gasteiger partial charge in [0, 0.05) is 13.1 Å². The summed E-state index contributed by atoms with van der Waals surface area (Å²) < 4.78 is 45.2. The smallest absolute Gasteiger partial charge is 0.309 e. The standard InChI is InChI=1S/C17H24FN3O5S/c1-2-3-9-19-16(22)17(23)20-12-15-21(10-4-11-26-15)27(24,25)14-7-5-13(18)6-8-14/h5-8,15H,2-4,9-12H2,1H3,(H,19,22)(H,20,23)/t15-/m1/s1. The van der Waals surface area contributed by atoms with Crippen molar-refractivity contribution in [1.29, 1.82) is 0 Å². The predicted molar refractivity (Wildman–Crippen MR) is 95.6 cm³/mol. The SMILES string of the molecule is CCCCNC(=O)C(=O)NC[C@H]1OCCCN1S(=O)(=O)c1ccc(F)cc1. The van der Waals surface area contributed by atoms with Gasteiger partial charge in [-0.25, -0.2) is 12.8 Å². The van der Waals surface area contributed by atoms with E-state index in [0.29, 0.717) is 19.6 Å². The molecule has 1 atom stereocenters. The van der Waals surface area contributed by atoms with Gasteiger partial charge in [-0.05, 0) is 37.1 Å². The first-order chi connectivity index (χ1) is 12.9. The van der Waals surface area contributed by atoms with Crippen molar-refractivity contribution in [2.45, 2.75) is 37.3 Å². The fourth-order valence-electron chi connectivity index (χ4n) is 2.56. The molecule has 0 radical (unpaired) electrons. The third-order valence-corrected chi connectivity index (χ3v) is 5.94. The highest BCUT2D eigenvalue weighted by atomic mass is 32.2. The van der Waals surface area contributed by atoms with Gasteiger partial charge in [-0.2, -0.15) is 4.31 Å². The molecule has 2 N–H and O–H groups in total. The summed E-state index contributed by atoms with van der Waals surface area (Å²) in [6, 6.07) is 4.48. The van der Waals surface area contributed by atoms with E-state index in [9.17, 15) is 22.4 Å². The van der Waals surface area contributed by atoms with E-state index in [-0.39, 0.29) is 18.0 Å². The van der Waals surface area contributed by atoms with E-state index >= 15 is 0 Å². The largest absolute Gasteiger partial charge is 0.360 e. The second-order valence-corrected chi connectivity index (χ2v) is 7.96. The maximum Gasteiger partial charge on any atom is 0.309 e. The van der Waals surface area contributed by atoms with Crippen LogP contribution in [0.1, 0.15) is 26.2 Å². The van der Waals surface area contributed by atoms with Crippen molar-refractivity contribution in [1.82, 2.24) is 14.9 Å². The molecule has 0 bridgehead atoms. The van der Waals surface area contributed by atoms with E-state index in [1.807, 2.05) is 6.92 Å². The Kier molecular flexibility index (Phi) is 7.69. The van der Waals surface area contributed by atoms with Gasteiger partial charge in [0.05, 0.1) is 18.0 Å². The van der Waals surface area contributed by atoms with Gasteiger partial charge in [0.1, 0.15) is 12.0 Å². The molecule has 0 aromatic heterocycles. The molecule has 1 aromatic carbocycles. The van der Waals surface area contributed by atoms with E-state index in [4.69, 9.17) is 4.74 Å². The average Bonchev–Trinajstić information content (AvgIpc) is 2.66. The molecule has 1 aliphatic heterocycles. The number of carbonyl (C=O) groups excluding carboxylic acids is 2.